The molecule has 0 fully saturated rings. The molecule has 0 saturated carbocycles. The zero-order valence-electron chi connectivity index (χ0n) is 16.6. The van der Waals surface area contributed by atoms with Gasteiger partial charge in [-0.05, 0) is 23.8 Å². The molecule has 3 heterocycles. The van der Waals surface area contributed by atoms with Gasteiger partial charge in [0.25, 0.3) is 11.4 Å². The summed E-state index contributed by atoms with van der Waals surface area (Å²) < 4.78 is 11.1. The summed E-state index contributed by atoms with van der Waals surface area (Å²) in [6.07, 6.45) is 0. The Kier molecular flexibility index (Phi) is 3.52. The van der Waals surface area contributed by atoms with Crippen molar-refractivity contribution in [2.45, 2.75) is 5.92 Å². The fourth-order valence-electron chi connectivity index (χ4n) is 4.59. The molecular formula is C22H16N5O3S+. The molecule has 1 atom stereocenters. The highest BCUT2D eigenvalue weighted by Gasteiger charge is 2.44. The lowest BCUT2D eigenvalue weighted by molar-refractivity contribution is -0.364. The summed E-state index contributed by atoms with van der Waals surface area (Å²) in [5, 5.41) is 11.2. The molecule has 2 aromatic carbocycles. The molecule has 6 rings (SSSR count). The molecule has 2 aromatic heterocycles. The molecule has 2 N–H and O–H groups in total. The highest BCUT2D eigenvalue weighted by Crippen LogP contribution is 2.43. The Morgan fingerprint density at radius 2 is 1.74 bits per heavy atom. The van der Waals surface area contributed by atoms with Gasteiger partial charge in [0, 0.05) is 18.2 Å². The summed E-state index contributed by atoms with van der Waals surface area (Å²) in [5.74, 6) is -0.0192. The third-order valence-electron chi connectivity index (χ3n) is 6.11. The molecule has 0 spiro atoms. The lowest BCUT2D eigenvalue weighted by Gasteiger charge is -2.23. The minimum absolute atomic E-state index is 0.126. The van der Waals surface area contributed by atoms with Gasteiger partial charge in [-0.25, -0.2) is 14.4 Å². The van der Waals surface area contributed by atoms with Crippen LogP contribution in [0, 0.1) is 0 Å². The highest BCUT2D eigenvalue weighted by atomic mass is 32.1. The maximum absolute atomic E-state index is 13.3. The normalized spacial score (nSPS) is 16.8. The van der Waals surface area contributed by atoms with E-state index in [4.69, 9.17) is 0 Å². The Labute approximate surface area is 179 Å². The minimum atomic E-state index is -0.574. The Morgan fingerprint density at radius 1 is 1.00 bits per heavy atom. The number of nitrogens with zero attached hydrogens (tertiary/aromatic N) is 4. The van der Waals surface area contributed by atoms with Crippen LogP contribution < -0.4 is 16.2 Å². The first kappa shape index (κ1) is 18.0. The third-order valence-corrected chi connectivity index (χ3v) is 6.66. The van der Waals surface area contributed by atoms with Crippen LogP contribution in [0.4, 0.5) is 5.82 Å². The van der Waals surface area contributed by atoms with Crippen LogP contribution in [-0.2, 0) is 14.1 Å². The van der Waals surface area contributed by atoms with Crippen LogP contribution in [0.15, 0.2) is 57.6 Å². The van der Waals surface area contributed by atoms with E-state index in [-0.39, 0.29) is 5.76 Å². The Bertz CT molecular complexity index is 1620. The van der Waals surface area contributed by atoms with Crippen LogP contribution in [0.1, 0.15) is 28.2 Å². The van der Waals surface area contributed by atoms with Crippen molar-refractivity contribution in [2.75, 3.05) is 0 Å². The van der Waals surface area contributed by atoms with Gasteiger partial charge >= 0.3 is 5.69 Å². The number of hydrogen-bond acceptors (Lipinski definition) is 6. The fraction of sp³-hybridized carbons (Fsp3) is 0.136. The molecule has 4 aromatic rings. The molecule has 0 bridgehead atoms. The van der Waals surface area contributed by atoms with Crippen molar-refractivity contribution in [3.63, 3.8) is 0 Å². The minimum Gasteiger partial charge on any atom is -0.507 e. The van der Waals surface area contributed by atoms with Crippen LogP contribution >= 0.6 is 11.7 Å². The van der Waals surface area contributed by atoms with E-state index < -0.39 is 17.2 Å². The number of hydrogen-bond donors (Lipinski definition) is 2. The first-order valence-corrected chi connectivity index (χ1v) is 10.4. The van der Waals surface area contributed by atoms with E-state index >= 15 is 0 Å². The molecule has 0 amide bonds. The molecular weight excluding hydrogens is 414 g/mol. The number of nitrogens with one attached hydrogen (secondary N) is 1. The predicted molar refractivity (Wildman–Crippen MR) is 117 cm³/mol. The quantitative estimate of drug-likeness (QED) is 0.463. The van der Waals surface area contributed by atoms with Gasteiger partial charge in [0.15, 0.2) is 0 Å². The van der Waals surface area contributed by atoms with E-state index in [0.717, 1.165) is 38.5 Å². The van der Waals surface area contributed by atoms with Gasteiger partial charge in [-0.2, -0.15) is 13.3 Å². The van der Waals surface area contributed by atoms with Crippen LogP contribution in [0.5, 0.6) is 0 Å². The molecule has 9 heteroatoms. The van der Waals surface area contributed by atoms with Crippen molar-refractivity contribution in [1.29, 1.82) is 0 Å². The second-order valence-corrected chi connectivity index (χ2v) is 8.25. The van der Waals surface area contributed by atoms with Gasteiger partial charge in [0.05, 0.1) is 30.3 Å². The van der Waals surface area contributed by atoms with Crippen molar-refractivity contribution >= 4 is 40.1 Å². The fourth-order valence-corrected chi connectivity index (χ4v) is 5.11. The summed E-state index contributed by atoms with van der Waals surface area (Å²) in [7, 11) is 3.10. The summed E-state index contributed by atoms with van der Waals surface area (Å²) in [5.41, 5.74) is 4.72. The lowest BCUT2D eigenvalue weighted by atomic mass is 9.81. The molecule has 0 radical (unpaired) electrons. The Balaban J connectivity index is 1.77. The smallest absolute Gasteiger partial charge is 0.417 e. The first-order chi connectivity index (χ1) is 15.0. The number of aromatic nitrogens is 4. The highest BCUT2D eigenvalue weighted by molar-refractivity contribution is 7.00. The molecule has 1 unspecified atom stereocenters. The SMILES string of the molecule is Cn1c2c(c(=O)n(C)c1=O)C(c1ccc3nsnc3c1)C1=C(O)c3ccccc3C1=[NH+]2. The lowest BCUT2D eigenvalue weighted by Crippen LogP contribution is -2.73. The molecule has 2 aliphatic rings. The number of aliphatic hydroxyl groups excluding tert-OH is 1. The van der Waals surface area contributed by atoms with E-state index in [1.54, 1.807) is 7.05 Å². The second-order valence-electron chi connectivity index (χ2n) is 7.72. The summed E-state index contributed by atoms with van der Waals surface area (Å²) >= 11 is 1.12. The summed E-state index contributed by atoms with van der Waals surface area (Å²) in [4.78, 5) is 29.2. The maximum Gasteiger partial charge on any atom is 0.417 e. The molecule has 1 aliphatic carbocycles. The van der Waals surface area contributed by atoms with E-state index in [2.05, 4.69) is 13.7 Å². The Morgan fingerprint density at radius 3 is 2.55 bits per heavy atom. The van der Waals surface area contributed by atoms with Gasteiger partial charge in [-0.3, -0.25) is 4.79 Å². The second kappa shape index (κ2) is 6.08. The monoisotopic (exact) mass is 430 g/mol. The Hall–Kier alpha value is -3.85. The average Bonchev–Trinajstić information content (AvgIpc) is 3.37. The topological polar surface area (TPSA) is 104 Å². The van der Waals surface area contributed by atoms with E-state index in [1.807, 2.05) is 42.5 Å². The number of allylic oxidation sites excluding steroid dienone is 1. The molecule has 1 aliphatic heterocycles. The third kappa shape index (κ3) is 2.26. The van der Waals surface area contributed by atoms with Crippen molar-refractivity contribution in [2.24, 2.45) is 14.1 Å². The van der Waals surface area contributed by atoms with E-state index in [0.29, 0.717) is 28.2 Å². The van der Waals surface area contributed by atoms with Crippen LogP contribution in [0.3, 0.4) is 0 Å². The van der Waals surface area contributed by atoms with Crippen LogP contribution in [0.2, 0.25) is 0 Å². The first-order valence-electron chi connectivity index (χ1n) is 9.66. The number of fused-ring (bicyclic) bond motifs is 5. The number of aliphatic hydroxyl groups is 1. The van der Waals surface area contributed by atoms with E-state index in [1.165, 1.54) is 11.6 Å². The van der Waals surface area contributed by atoms with Crippen molar-refractivity contribution < 1.29 is 10.1 Å². The zero-order valence-corrected chi connectivity index (χ0v) is 17.4. The van der Waals surface area contributed by atoms with Gasteiger partial charge < -0.3 is 5.11 Å². The van der Waals surface area contributed by atoms with Crippen molar-refractivity contribution in [1.82, 2.24) is 17.9 Å². The largest absolute Gasteiger partial charge is 0.507 e. The summed E-state index contributed by atoms with van der Waals surface area (Å²) in [6.45, 7) is 0. The molecule has 31 heavy (non-hydrogen) atoms. The van der Waals surface area contributed by atoms with Crippen LogP contribution in [-0.4, -0.2) is 28.7 Å². The van der Waals surface area contributed by atoms with Gasteiger partial charge in [0.2, 0.25) is 0 Å². The molecule has 8 nitrogen and oxygen atoms in total. The van der Waals surface area contributed by atoms with Crippen molar-refractivity contribution in [3.05, 3.63) is 91.1 Å². The number of rotatable bonds is 1. The average molecular weight is 430 g/mol. The van der Waals surface area contributed by atoms with Gasteiger partial charge in [-0.1, -0.05) is 24.3 Å². The summed E-state index contributed by atoms with van der Waals surface area (Å²) in [6, 6.07) is 13.2. The van der Waals surface area contributed by atoms with E-state index in [9.17, 15) is 14.7 Å². The van der Waals surface area contributed by atoms with Gasteiger partial charge in [-0.15, -0.1) is 0 Å². The predicted octanol–water partition coefficient (Wildman–Crippen LogP) is 0.718. The zero-order chi connectivity index (χ0) is 21.4. The standard InChI is InChI=1S/C22H15N5O3S/c1-26-20-17(21(29)27(2)22(26)30)15(10-7-8-13-14(9-10)25-31-24-13)16-18(23-20)11-5-3-4-6-12(11)19(16)28/h3-9,15,28H,1-2H3/p+1. The van der Waals surface area contributed by atoms with Crippen molar-refractivity contribution in [3.8, 4) is 0 Å². The van der Waals surface area contributed by atoms with Gasteiger partial charge in [0.1, 0.15) is 28.1 Å². The molecule has 0 saturated heterocycles. The maximum atomic E-state index is 13.3. The molecule has 152 valence electrons. The number of benzene rings is 2. The van der Waals surface area contributed by atoms with Crippen LogP contribution in [0.25, 0.3) is 16.8 Å².